The Morgan fingerprint density at radius 1 is 1.42 bits per heavy atom. The van der Waals surface area contributed by atoms with E-state index in [2.05, 4.69) is 21.2 Å². The van der Waals surface area contributed by atoms with Gasteiger partial charge < -0.3 is 0 Å². The van der Waals surface area contributed by atoms with Crippen molar-refractivity contribution in [1.29, 1.82) is 0 Å². The minimum absolute atomic E-state index is 0.354. The summed E-state index contributed by atoms with van der Waals surface area (Å²) in [5.74, 6) is 2.70. The summed E-state index contributed by atoms with van der Waals surface area (Å²) in [6, 6.07) is 3.33. The molecule has 2 rings (SSSR count). The van der Waals surface area contributed by atoms with Gasteiger partial charge in [-0.25, -0.2) is 0 Å². The first-order valence-electron chi connectivity index (χ1n) is 3.16. The van der Waals surface area contributed by atoms with E-state index in [9.17, 15) is 0 Å². The number of rotatable bonds is 0. The van der Waals surface area contributed by atoms with Crippen LogP contribution in [0.15, 0.2) is 12.1 Å². The quantitative estimate of drug-likeness (QED) is 0.560. The lowest BCUT2D eigenvalue weighted by Gasteiger charge is -1.91. The van der Waals surface area contributed by atoms with Crippen LogP contribution in [0, 0.1) is 12.3 Å². The molecule has 2 aromatic heterocycles. The van der Waals surface area contributed by atoms with E-state index in [-0.39, 0.29) is 0 Å². The number of hydrogen-bond donors (Lipinski definition) is 0. The van der Waals surface area contributed by atoms with E-state index in [4.69, 9.17) is 18.0 Å². The van der Waals surface area contributed by atoms with E-state index in [1.54, 1.807) is 12.1 Å². The molecule has 12 heavy (non-hydrogen) atoms. The van der Waals surface area contributed by atoms with Gasteiger partial charge in [0, 0.05) is 0 Å². The normalized spacial score (nSPS) is 10.0. The molecule has 0 saturated heterocycles. The molecule has 0 aliphatic carbocycles. The summed E-state index contributed by atoms with van der Waals surface area (Å²) >= 11 is 5.65. The second-order valence-corrected chi connectivity index (χ2v) is 2.48. The lowest BCUT2D eigenvalue weighted by molar-refractivity contribution is 0.909. The largest absolute Gasteiger partial charge is 0.229 e. The molecule has 0 fully saturated rings. The minimum atomic E-state index is 0.354. The fraction of sp³-hybridized carbons (Fsp3) is 0. The van der Waals surface area contributed by atoms with E-state index in [1.807, 2.05) is 0 Å². The summed E-state index contributed by atoms with van der Waals surface area (Å²) in [6.45, 7) is 0. The van der Waals surface area contributed by atoms with Gasteiger partial charge in [0.05, 0.1) is 0 Å². The molecule has 2 aromatic rings. The molecule has 5 heteroatoms. The van der Waals surface area contributed by atoms with Crippen LogP contribution in [0.2, 0.25) is 5.15 Å². The highest BCUT2D eigenvalue weighted by molar-refractivity contribution is 6.29. The van der Waals surface area contributed by atoms with Gasteiger partial charge in [0.25, 0.3) is 0 Å². The second kappa shape index (κ2) is 2.47. The zero-order chi connectivity index (χ0) is 8.55. The Hall–Kier alpha value is -1.60. The molecular formula is C7H3ClN4. The fourth-order valence-electron chi connectivity index (χ4n) is 0.857. The predicted octanol–water partition coefficient (Wildman–Crippen LogP) is 0.759. The Labute approximate surface area is 73.2 Å². The van der Waals surface area contributed by atoms with Gasteiger partial charge in [-0.2, -0.15) is 9.61 Å². The predicted molar refractivity (Wildman–Crippen MR) is 43.7 cm³/mol. The zero-order valence-electron chi connectivity index (χ0n) is 5.90. The summed E-state index contributed by atoms with van der Waals surface area (Å²) < 4.78 is 1.42. The van der Waals surface area contributed by atoms with Crippen molar-refractivity contribution in [1.82, 2.24) is 19.8 Å². The lowest BCUT2D eigenvalue weighted by atomic mass is 10.5. The van der Waals surface area contributed by atoms with Crippen LogP contribution >= 0.6 is 11.6 Å². The fourth-order valence-corrected chi connectivity index (χ4v) is 0.995. The van der Waals surface area contributed by atoms with Crippen LogP contribution in [0.4, 0.5) is 0 Å². The number of fused-ring (bicyclic) bond motifs is 1. The molecule has 0 radical (unpaired) electrons. The minimum Gasteiger partial charge on any atom is -0.184 e. The van der Waals surface area contributed by atoms with Crippen molar-refractivity contribution in [3.8, 4) is 12.3 Å². The van der Waals surface area contributed by atoms with Gasteiger partial charge in [-0.15, -0.1) is 16.6 Å². The molecule has 58 valence electrons. The Kier molecular flexibility index (Phi) is 1.45. The van der Waals surface area contributed by atoms with Gasteiger partial charge >= 0.3 is 0 Å². The van der Waals surface area contributed by atoms with E-state index >= 15 is 0 Å². The van der Waals surface area contributed by atoms with Crippen LogP contribution in [0.25, 0.3) is 5.65 Å². The molecule has 4 nitrogen and oxygen atoms in total. The van der Waals surface area contributed by atoms with Crippen molar-refractivity contribution in [2.24, 2.45) is 0 Å². The molecule has 0 atom stereocenters. The van der Waals surface area contributed by atoms with Crippen LogP contribution in [-0.4, -0.2) is 19.8 Å². The van der Waals surface area contributed by atoms with E-state index in [0.29, 0.717) is 16.6 Å². The van der Waals surface area contributed by atoms with E-state index in [1.165, 1.54) is 4.52 Å². The van der Waals surface area contributed by atoms with Crippen molar-refractivity contribution in [2.45, 2.75) is 0 Å². The Balaban J connectivity index is 2.86. The first-order valence-corrected chi connectivity index (χ1v) is 3.53. The maximum atomic E-state index is 5.65. The molecule has 0 spiro atoms. The van der Waals surface area contributed by atoms with Crippen molar-refractivity contribution in [3.05, 3.63) is 23.1 Å². The van der Waals surface area contributed by atoms with Gasteiger partial charge in [-0.05, 0) is 18.1 Å². The number of aromatic nitrogens is 4. The number of nitrogens with zero attached hydrogens (tertiary/aromatic N) is 4. The second-order valence-electron chi connectivity index (χ2n) is 2.09. The molecule has 2 heterocycles. The molecule has 0 aromatic carbocycles. The standard InChI is InChI=1S/C7H3ClN4/c1-2-6-9-10-7-4-3-5(8)11-12(6)7/h1,3-4H. The highest BCUT2D eigenvalue weighted by Gasteiger charge is 2.02. The highest BCUT2D eigenvalue weighted by atomic mass is 35.5. The van der Waals surface area contributed by atoms with Crippen LogP contribution in [-0.2, 0) is 0 Å². The SMILES string of the molecule is C#Cc1nnc2ccc(Cl)nn12. The van der Waals surface area contributed by atoms with Crippen LogP contribution in [0.3, 0.4) is 0 Å². The van der Waals surface area contributed by atoms with Crippen molar-refractivity contribution >= 4 is 17.2 Å². The summed E-state index contributed by atoms with van der Waals surface area (Å²) in [4.78, 5) is 0. The van der Waals surface area contributed by atoms with Gasteiger partial charge in [0.1, 0.15) is 5.15 Å². The molecular weight excluding hydrogens is 176 g/mol. The maximum absolute atomic E-state index is 5.65. The molecule has 0 saturated carbocycles. The van der Waals surface area contributed by atoms with Gasteiger partial charge in [-0.1, -0.05) is 11.6 Å². The molecule has 0 bridgehead atoms. The lowest BCUT2D eigenvalue weighted by Crippen LogP contribution is -1.94. The van der Waals surface area contributed by atoms with Crippen LogP contribution < -0.4 is 0 Å². The third kappa shape index (κ3) is 0.917. The van der Waals surface area contributed by atoms with Gasteiger partial charge in [-0.3, -0.25) is 0 Å². The topological polar surface area (TPSA) is 43.1 Å². The molecule has 0 unspecified atom stereocenters. The maximum Gasteiger partial charge on any atom is 0.229 e. The first-order chi connectivity index (χ1) is 5.81. The van der Waals surface area contributed by atoms with Crippen molar-refractivity contribution in [2.75, 3.05) is 0 Å². The number of hydrogen-bond acceptors (Lipinski definition) is 3. The average molecular weight is 179 g/mol. The highest BCUT2D eigenvalue weighted by Crippen LogP contribution is 2.06. The zero-order valence-corrected chi connectivity index (χ0v) is 6.65. The Morgan fingerprint density at radius 3 is 3.00 bits per heavy atom. The number of terminal acetylenes is 1. The smallest absolute Gasteiger partial charge is 0.184 e. The van der Waals surface area contributed by atoms with Crippen LogP contribution in [0.5, 0.6) is 0 Å². The Bertz CT molecular complexity index is 468. The molecule has 0 aliphatic heterocycles. The summed E-state index contributed by atoms with van der Waals surface area (Å²) in [6.07, 6.45) is 5.15. The third-order valence-electron chi connectivity index (χ3n) is 1.36. The third-order valence-corrected chi connectivity index (χ3v) is 1.56. The number of halogens is 1. The summed E-state index contributed by atoms with van der Waals surface area (Å²) in [7, 11) is 0. The average Bonchev–Trinajstić information content (AvgIpc) is 2.46. The van der Waals surface area contributed by atoms with Gasteiger partial charge in [0.2, 0.25) is 5.82 Å². The molecule has 0 aliphatic rings. The van der Waals surface area contributed by atoms with E-state index in [0.717, 1.165) is 0 Å². The van der Waals surface area contributed by atoms with Crippen molar-refractivity contribution in [3.63, 3.8) is 0 Å². The van der Waals surface area contributed by atoms with Gasteiger partial charge in [0.15, 0.2) is 5.65 Å². The monoisotopic (exact) mass is 178 g/mol. The summed E-state index contributed by atoms with van der Waals surface area (Å²) in [5.41, 5.74) is 0.590. The van der Waals surface area contributed by atoms with Crippen LogP contribution in [0.1, 0.15) is 5.82 Å². The van der Waals surface area contributed by atoms with Crippen molar-refractivity contribution < 1.29 is 0 Å². The molecule has 0 amide bonds. The summed E-state index contributed by atoms with van der Waals surface area (Å²) in [5, 5.41) is 11.8. The molecule has 0 N–H and O–H groups in total. The Morgan fingerprint density at radius 2 is 2.25 bits per heavy atom. The van der Waals surface area contributed by atoms with E-state index < -0.39 is 0 Å². The first kappa shape index (κ1) is 7.07.